The summed E-state index contributed by atoms with van der Waals surface area (Å²) < 4.78 is 4.42. The fraction of sp³-hybridized carbons (Fsp3) is 0. The van der Waals surface area contributed by atoms with Gasteiger partial charge in [0.1, 0.15) is 12.0 Å². The third kappa shape index (κ3) is 0.485. The van der Waals surface area contributed by atoms with Crippen molar-refractivity contribution in [1.29, 1.82) is 0 Å². The summed E-state index contributed by atoms with van der Waals surface area (Å²) in [5.74, 6) is -0.576. The van der Waals surface area contributed by atoms with Crippen molar-refractivity contribution in [3.63, 3.8) is 0 Å². The lowest BCUT2D eigenvalue weighted by molar-refractivity contribution is -0.129. The number of esters is 1. The Bertz CT molecular complexity index is 289. The molecule has 5 heteroatoms. The summed E-state index contributed by atoms with van der Waals surface area (Å²) in [5, 5.41) is 2.32. The fourth-order valence-corrected chi connectivity index (χ4v) is 0.773. The highest BCUT2D eigenvalue weighted by Gasteiger charge is 2.31. The van der Waals surface area contributed by atoms with E-state index in [1.165, 1.54) is 6.26 Å². The Morgan fingerprint density at radius 3 is 3.00 bits per heavy atom. The first-order chi connectivity index (χ1) is 4.77. The molecule has 2 heterocycles. The third-order valence-corrected chi connectivity index (χ3v) is 1.19. The van der Waals surface area contributed by atoms with Crippen LogP contribution in [-0.2, 0) is 9.53 Å². The molecule has 0 saturated heterocycles. The molecule has 1 N–H and O–H groups in total. The lowest BCUT2D eigenvalue weighted by Gasteiger charge is -1.84. The largest absolute Gasteiger partial charge is 0.427 e. The summed E-state index contributed by atoms with van der Waals surface area (Å²) in [6, 6.07) is -0.516. The number of fused-ring (bicyclic) bond motifs is 1. The molecule has 0 radical (unpaired) electrons. The minimum absolute atomic E-state index is 0.0741. The summed E-state index contributed by atoms with van der Waals surface area (Å²) in [4.78, 5) is 24.4. The van der Waals surface area contributed by atoms with Crippen LogP contribution in [0, 0.1) is 0 Å². The molecular weight excluding hydrogens is 136 g/mol. The van der Waals surface area contributed by atoms with Crippen LogP contribution in [0.25, 0.3) is 0 Å². The first-order valence-electron chi connectivity index (χ1n) is 2.58. The van der Waals surface area contributed by atoms with Crippen LogP contribution in [-0.4, -0.2) is 17.7 Å². The Labute approximate surface area is 55.4 Å². The molecule has 0 bridgehead atoms. The van der Waals surface area contributed by atoms with Crippen LogP contribution in [0.2, 0.25) is 0 Å². The van der Waals surface area contributed by atoms with E-state index in [0.29, 0.717) is 5.70 Å². The second-order valence-corrected chi connectivity index (χ2v) is 1.83. The summed E-state index contributed by atoms with van der Waals surface area (Å²) in [6.07, 6.45) is 1.17. The normalized spacial score (nSPS) is 21.2. The van der Waals surface area contributed by atoms with Crippen LogP contribution in [0.3, 0.4) is 0 Å². The van der Waals surface area contributed by atoms with Gasteiger partial charge in [0.05, 0.1) is 0 Å². The Morgan fingerprint density at radius 1 is 1.50 bits per heavy atom. The number of aliphatic imine (C=N–C) groups is 1. The highest BCUT2D eigenvalue weighted by Crippen LogP contribution is 2.11. The van der Waals surface area contributed by atoms with Crippen molar-refractivity contribution in [1.82, 2.24) is 5.32 Å². The number of cyclic esters (lactones) is 1. The number of amides is 2. The van der Waals surface area contributed by atoms with Gasteiger partial charge in [-0.1, -0.05) is 0 Å². The number of carbonyl (C=O) groups excluding carboxylic acids is 2. The van der Waals surface area contributed by atoms with E-state index in [9.17, 15) is 9.59 Å². The molecular formula is C5H2N2O3. The smallest absolute Gasteiger partial charge is 0.364 e. The highest BCUT2D eigenvalue weighted by molar-refractivity contribution is 6.48. The van der Waals surface area contributed by atoms with Crippen molar-refractivity contribution in [2.24, 2.45) is 4.99 Å². The Morgan fingerprint density at radius 2 is 2.30 bits per heavy atom. The third-order valence-electron chi connectivity index (χ3n) is 1.19. The van der Waals surface area contributed by atoms with Gasteiger partial charge in [0.2, 0.25) is 0 Å². The van der Waals surface area contributed by atoms with Gasteiger partial charge < -0.3 is 10.1 Å². The molecule has 0 spiro atoms. The molecule has 0 aromatic heterocycles. The van der Waals surface area contributed by atoms with E-state index < -0.39 is 12.0 Å². The van der Waals surface area contributed by atoms with E-state index in [0.717, 1.165) is 0 Å². The maximum absolute atomic E-state index is 10.6. The van der Waals surface area contributed by atoms with Gasteiger partial charge in [0.25, 0.3) is 0 Å². The minimum Gasteiger partial charge on any atom is -0.427 e. The van der Waals surface area contributed by atoms with E-state index in [-0.39, 0.29) is 5.71 Å². The standard InChI is InChI=1S/C5H2N2O3/c8-4-3-2(1-10-4)6-5(9)7-3/h1H,(H,6,9). The monoisotopic (exact) mass is 138 g/mol. The molecule has 5 nitrogen and oxygen atoms in total. The molecule has 50 valence electrons. The fourth-order valence-electron chi connectivity index (χ4n) is 0.773. The van der Waals surface area contributed by atoms with Crippen LogP contribution in [0.15, 0.2) is 17.0 Å². The molecule has 2 aliphatic rings. The maximum atomic E-state index is 10.6. The van der Waals surface area contributed by atoms with Crippen molar-refractivity contribution in [3.05, 3.63) is 12.0 Å². The maximum Gasteiger partial charge on any atom is 0.364 e. The number of hydrogen-bond donors (Lipinski definition) is 1. The second-order valence-electron chi connectivity index (χ2n) is 1.83. The predicted octanol–water partition coefficient (Wildman–Crippen LogP) is -0.451. The minimum atomic E-state index is -0.576. The molecule has 0 saturated carbocycles. The number of carbonyl (C=O) groups is 2. The van der Waals surface area contributed by atoms with Crippen LogP contribution in [0.5, 0.6) is 0 Å². The van der Waals surface area contributed by atoms with Crippen molar-refractivity contribution >= 4 is 17.7 Å². The molecule has 10 heavy (non-hydrogen) atoms. The summed E-state index contributed by atoms with van der Waals surface area (Å²) >= 11 is 0. The SMILES string of the molecule is O=C1N=C2C(=O)OC=C2N1. The van der Waals surface area contributed by atoms with E-state index in [1.807, 2.05) is 0 Å². The average molecular weight is 138 g/mol. The van der Waals surface area contributed by atoms with Gasteiger partial charge in [-0.3, -0.25) is 0 Å². The van der Waals surface area contributed by atoms with Gasteiger partial charge in [0.15, 0.2) is 5.71 Å². The van der Waals surface area contributed by atoms with Gasteiger partial charge in [-0.15, -0.1) is 0 Å². The van der Waals surface area contributed by atoms with E-state index >= 15 is 0 Å². The number of urea groups is 1. The molecule has 0 atom stereocenters. The van der Waals surface area contributed by atoms with Crippen LogP contribution in [0.4, 0.5) is 4.79 Å². The molecule has 0 unspecified atom stereocenters. The van der Waals surface area contributed by atoms with E-state index in [1.54, 1.807) is 0 Å². The van der Waals surface area contributed by atoms with E-state index in [2.05, 4.69) is 15.0 Å². The van der Waals surface area contributed by atoms with Crippen molar-refractivity contribution < 1.29 is 14.3 Å². The summed E-state index contributed by atoms with van der Waals surface area (Å²) in [5.41, 5.74) is 0.431. The quantitative estimate of drug-likeness (QED) is 0.461. The summed E-state index contributed by atoms with van der Waals surface area (Å²) in [6.45, 7) is 0. The summed E-state index contributed by atoms with van der Waals surface area (Å²) in [7, 11) is 0. The Balaban J connectivity index is 2.48. The molecule has 0 fully saturated rings. The molecule has 2 aliphatic heterocycles. The zero-order valence-electron chi connectivity index (χ0n) is 4.75. The van der Waals surface area contributed by atoms with Gasteiger partial charge in [-0.25, -0.2) is 9.59 Å². The number of nitrogens with one attached hydrogen (secondary N) is 1. The van der Waals surface area contributed by atoms with Gasteiger partial charge in [-0.2, -0.15) is 4.99 Å². The van der Waals surface area contributed by atoms with Crippen LogP contribution >= 0.6 is 0 Å². The van der Waals surface area contributed by atoms with Gasteiger partial charge >= 0.3 is 12.0 Å². The first-order valence-corrected chi connectivity index (χ1v) is 2.58. The number of hydrogen-bond acceptors (Lipinski definition) is 3. The Kier molecular flexibility index (Phi) is 0.743. The van der Waals surface area contributed by atoms with Crippen LogP contribution in [0.1, 0.15) is 0 Å². The van der Waals surface area contributed by atoms with Crippen molar-refractivity contribution in [2.75, 3.05) is 0 Å². The number of nitrogens with zero attached hydrogens (tertiary/aromatic N) is 1. The van der Waals surface area contributed by atoms with Crippen molar-refractivity contribution in [2.45, 2.75) is 0 Å². The number of rotatable bonds is 0. The van der Waals surface area contributed by atoms with Crippen molar-refractivity contribution in [3.8, 4) is 0 Å². The lowest BCUT2D eigenvalue weighted by atomic mass is 10.3. The first kappa shape index (κ1) is 5.16. The Hall–Kier alpha value is -1.65. The topological polar surface area (TPSA) is 67.8 Å². The lowest BCUT2D eigenvalue weighted by Crippen LogP contribution is -2.14. The predicted molar refractivity (Wildman–Crippen MR) is 30.1 cm³/mol. The number of ether oxygens (including phenoxy) is 1. The molecule has 2 rings (SSSR count). The van der Waals surface area contributed by atoms with Gasteiger partial charge in [-0.05, 0) is 0 Å². The van der Waals surface area contributed by atoms with Gasteiger partial charge in [0, 0.05) is 0 Å². The van der Waals surface area contributed by atoms with Crippen LogP contribution < -0.4 is 5.32 Å². The zero-order chi connectivity index (χ0) is 7.14. The second kappa shape index (κ2) is 1.44. The zero-order valence-corrected chi connectivity index (χ0v) is 4.75. The average Bonchev–Trinajstić information content (AvgIpc) is 2.35. The molecule has 0 aliphatic carbocycles. The molecule has 0 aromatic carbocycles. The van der Waals surface area contributed by atoms with E-state index in [4.69, 9.17) is 0 Å². The molecule has 2 amide bonds. The highest BCUT2D eigenvalue weighted by atomic mass is 16.5. The molecule has 0 aromatic rings.